The summed E-state index contributed by atoms with van der Waals surface area (Å²) in [5.41, 5.74) is 4.59. The number of anilines is 2. The summed E-state index contributed by atoms with van der Waals surface area (Å²) < 4.78 is 6.17. The van der Waals surface area contributed by atoms with E-state index in [2.05, 4.69) is 76.1 Å². The molecule has 10 heteroatoms. The highest BCUT2D eigenvalue weighted by molar-refractivity contribution is 6.18. The number of nitrogens with zero attached hydrogens (tertiary/aromatic N) is 4. The second-order valence-corrected chi connectivity index (χ2v) is 10.7. The number of likely N-dealkylation sites (N-methyl/N-ethyl adjacent to an activating group) is 1. The van der Waals surface area contributed by atoms with E-state index in [1.54, 1.807) is 0 Å². The summed E-state index contributed by atoms with van der Waals surface area (Å²) in [4.78, 5) is 26.3. The van der Waals surface area contributed by atoms with E-state index in [-0.39, 0.29) is 6.03 Å². The molecule has 208 valence electrons. The monoisotopic (exact) mass is 551 g/mol. The van der Waals surface area contributed by atoms with E-state index >= 15 is 0 Å². The first-order chi connectivity index (χ1) is 19.0. The number of halogens is 1. The number of ether oxygens (including phenoxy) is 1. The zero-order valence-electron chi connectivity index (χ0n) is 22.8. The van der Waals surface area contributed by atoms with E-state index in [0.29, 0.717) is 50.7 Å². The Bertz CT molecular complexity index is 1300. The van der Waals surface area contributed by atoms with Gasteiger partial charge in [-0.3, -0.25) is 0 Å². The highest BCUT2D eigenvalue weighted by Crippen LogP contribution is 2.34. The van der Waals surface area contributed by atoms with Crippen LogP contribution in [0.25, 0.3) is 10.8 Å². The number of fused-ring (bicyclic) bond motifs is 2. The van der Waals surface area contributed by atoms with Crippen LogP contribution in [0.2, 0.25) is 0 Å². The van der Waals surface area contributed by atoms with Crippen LogP contribution >= 0.6 is 11.6 Å². The average Bonchev–Trinajstić information content (AvgIpc) is 3.36. The van der Waals surface area contributed by atoms with Crippen LogP contribution in [0.5, 0.6) is 6.01 Å². The zero-order chi connectivity index (χ0) is 27.2. The summed E-state index contributed by atoms with van der Waals surface area (Å²) in [6.45, 7) is 6.81. The molecule has 39 heavy (non-hydrogen) atoms. The average molecular weight is 552 g/mol. The molecule has 9 nitrogen and oxygen atoms in total. The van der Waals surface area contributed by atoms with Gasteiger partial charge >= 0.3 is 12.0 Å². The van der Waals surface area contributed by atoms with Gasteiger partial charge in [0.1, 0.15) is 12.4 Å². The van der Waals surface area contributed by atoms with Crippen LogP contribution in [-0.2, 0) is 13.0 Å². The third kappa shape index (κ3) is 6.47. The van der Waals surface area contributed by atoms with Crippen LogP contribution in [0.4, 0.5) is 16.3 Å². The molecule has 3 N–H and O–H groups in total. The van der Waals surface area contributed by atoms with Gasteiger partial charge < -0.3 is 30.5 Å². The number of amides is 2. The number of hydrogen-bond acceptors (Lipinski definition) is 7. The van der Waals surface area contributed by atoms with Crippen molar-refractivity contribution < 1.29 is 9.53 Å². The molecule has 1 atom stereocenters. The van der Waals surface area contributed by atoms with E-state index in [1.165, 1.54) is 28.4 Å². The minimum absolute atomic E-state index is 0.229. The second kappa shape index (κ2) is 12.7. The third-order valence-corrected chi connectivity index (χ3v) is 7.82. The van der Waals surface area contributed by atoms with Crippen molar-refractivity contribution in [3.05, 3.63) is 53.2 Å². The van der Waals surface area contributed by atoms with E-state index in [1.807, 2.05) is 0 Å². The second-order valence-electron chi connectivity index (χ2n) is 10.3. The predicted molar refractivity (Wildman–Crippen MR) is 157 cm³/mol. The molecule has 2 aromatic carbocycles. The van der Waals surface area contributed by atoms with Crippen LogP contribution in [0.3, 0.4) is 0 Å². The molecule has 2 amide bonds. The van der Waals surface area contributed by atoms with Crippen molar-refractivity contribution >= 4 is 39.9 Å². The lowest BCUT2D eigenvalue weighted by molar-refractivity contribution is 0.187. The molecule has 0 saturated carbocycles. The van der Waals surface area contributed by atoms with E-state index in [9.17, 15) is 4.79 Å². The van der Waals surface area contributed by atoms with Crippen LogP contribution < -0.4 is 25.6 Å². The number of aromatic nitrogens is 2. The topological polar surface area (TPSA) is 94.7 Å². The molecule has 1 saturated heterocycles. The van der Waals surface area contributed by atoms with Crippen LogP contribution in [0, 0.1) is 6.92 Å². The number of aryl methyl sites for hydroxylation is 1. The lowest BCUT2D eigenvalue weighted by Gasteiger charge is -2.32. The molecule has 0 bridgehead atoms. The van der Waals surface area contributed by atoms with Crippen LogP contribution in [0.1, 0.15) is 29.7 Å². The van der Waals surface area contributed by atoms with E-state index in [4.69, 9.17) is 26.3 Å². The molecule has 5 rings (SSSR count). The van der Waals surface area contributed by atoms with Gasteiger partial charge in [-0.1, -0.05) is 30.3 Å². The normalized spacial score (nSPS) is 17.2. The minimum Gasteiger partial charge on any atom is -0.462 e. The van der Waals surface area contributed by atoms with Crippen molar-refractivity contribution in [3.8, 4) is 6.01 Å². The quantitative estimate of drug-likeness (QED) is 0.260. The number of rotatable bonds is 10. The fourth-order valence-corrected chi connectivity index (χ4v) is 5.63. The van der Waals surface area contributed by atoms with Gasteiger partial charge in [-0.2, -0.15) is 9.97 Å². The molecule has 3 aromatic rings. The number of carbonyl (C=O) groups is 1. The number of alkyl halides is 1. The number of carbonyl (C=O) groups excluding carboxylic acids is 1. The number of likely N-dealkylation sites (tertiary alicyclic amines) is 1. The number of urea groups is 1. The lowest BCUT2D eigenvalue weighted by atomic mass is 10.00. The number of nitrogens with one attached hydrogen (secondary N) is 3. The summed E-state index contributed by atoms with van der Waals surface area (Å²) in [5.74, 6) is 1.17. The highest BCUT2D eigenvalue weighted by atomic mass is 35.5. The van der Waals surface area contributed by atoms with Gasteiger partial charge in [-0.05, 0) is 56.8 Å². The molecule has 1 fully saturated rings. The minimum atomic E-state index is -0.229. The summed E-state index contributed by atoms with van der Waals surface area (Å²) in [7, 11) is 2.14. The van der Waals surface area contributed by atoms with Crippen molar-refractivity contribution in [2.45, 2.75) is 38.8 Å². The summed E-state index contributed by atoms with van der Waals surface area (Å²) in [5, 5.41) is 11.5. The Morgan fingerprint density at radius 3 is 2.72 bits per heavy atom. The van der Waals surface area contributed by atoms with Crippen molar-refractivity contribution in [2.24, 2.45) is 0 Å². The Morgan fingerprint density at radius 2 is 1.92 bits per heavy atom. The van der Waals surface area contributed by atoms with Crippen LogP contribution in [-0.4, -0.2) is 79.2 Å². The first-order valence-electron chi connectivity index (χ1n) is 13.8. The summed E-state index contributed by atoms with van der Waals surface area (Å²) in [6.07, 6.45) is 3.13. The smallest absolute Gasteiger partial charge is 0.318 e. The first kappa shape index (κ1) is 27.3. The predicted octanol–water partition coefficient (Wildman–Crippen LogP) is 3.92. The zero-order valence-corrected chi connectivity index (χ0v) is 23.6. The van der Waals surface area contributed by atoms with Crippen LogP contribution in [0.15, 0.2) is 36.4 Å². The Morgan fingerprint density at radius 1 is 1.10 bits per heavy atom. The lowest BCUT2D eigenvalue weighted by Crippen LogP contribution is -2.39. The largest absolute Gasteiger partial charge is 0.462 e. The molecule has 0 spiro atoms. The SMILES string of the molecule is Cc1cccc2cccc(N3CCc4c(nc(OCC5CCCN5C)nc4NCCNC(=O)NCCCl)C3)c12. The van der Waals surface area contributed by atoms with Crippen molar-refractivity contribution in [1.82, 2.24) is 25.5 Å². The highest BCUT2D eigenvalue weighted by Gasteiger charge is 2.26. The molecular formula is C29H38ClN7O2. The number of benzene rings is 2. The molecule has 0 radical (unpaired) electrons. The van der Waals surface area contributed by atoms with Gasteiger partial charge in [0.25, 0.3) is 0 Å². The Kier molecular flexibility index (Phi) is 8.88. The van der Waals surface area contributed by atoms with Gasteiger partial charge in [0, 0.05) is 54.7 Å². The summed E-state index contributed by atoms with van der Waals surface area (Å²) in [6, 6.07) is 13.5. The Hall–Kier alpha value is -3.30. The van der Waals surface area contributed by atoms with Gasteiger partial charge in [0.2, 0.25) is 0 Å². The molecule has 2 aliphatic rings. The molecule has 1 aromatic heterocycles. The van der Waals surface area contributed by atoms with E-state index in [0.717, 1.165) is 43.0 Å². The number of hydrogen-bond donors (Lipinski definition) is 3. The molecular weight excluding hydrogens is 514 g/mol. The molecule has 3 heterocycles. The maximum absolute atomic E-state index is 11.9. The fourth-order valence-electron chi connectivity index (χ4n) is 5.53. The summed E-state index contributed by atoms with van der Waals surface area (Å²) >= 11 is 5.64. The maximum Gasteiger partial charge on any atom is 0.318 e. The van der Waals surface area contributed by atoms with Gasteiger partial charge in [-0.25, -0.2) is 4.79 Å². The third-order valence-electron chi connectivity index (χ3n) is 7.64. The van der Waals surface area contributed by atoms with Gasteiger partial charge in [-0.15, -0.1) is 11.6 Å². The van der Waals surface area contributed by atoms with Crippen molar-refractivity contribution in [3.63, 3.8) is 0 Å². The van der Waals surface area contributed by atoms with Gasteiger partial charge in [0.05, 0.1) is 12.2 Å². The molecule has 2 aliphatic heterocycles. The van der Waals surface area contributed by atoms with Crippen molar-refractivity contribution in [2.75, 3.05) is 62.5 Å². The van der Waals surface area contributed by atoms with Gasteiger partial charge in [0.15, 0.2) is 0 Å². The standard InChI is InChI=1S/C29H38ClN7O2/c1-20-6-3-7-21-8-4-10-25(26(20)21)37-17-11-23-24(18-37)34-29(39-19-22-9-5-16-36(22)2)35-27(23)31-14-15-33-28(38)32-13-12-30/h3-4,6-8,10,22H,5,9,11-19H2,1-2H3,(H,31,34,35)(H2,32,33,38). The molecule has 0 aliphatic carbocycles. The fraction of sp³-hybridized carbons (Fsp3) is 0.483. The van der Waals surface area contributed by atoms with E-state index < -0.39 is 0 Å². The Labute approximate surface area is 235 Å². The molecule has 1 unspecified atom stereocenters. The Balaban J connectivity index is 1.35. The maximum atomic E-state index is 11.9. The van der Waals surface area contributed by atoms with Crippen molar-refractivity contribution in [1.29, 1.82) is 0 Å². The first-order valence-corrected chi connectivity index (χ1v) is 14.3.